The van der Waals surface area contributed by atoms with Crippen LogP contribution in [0.1, 0.15) is 23.2 Å². The van der Waals surface area contributed by atoms with Crippen LogP contribution in [-0.2, 0) is 4.74 Å². The van der Waals surface area contributed by atoms with Crippen LogP contribution in [0.2, 0.25) is 0 Å². The van der Waals surface area contributed by atoms with Crippen molar-refractivity contribution in [1.82, 2.24) is 14.6 Å². The fourth-order valence-corrected chi connectivity index (χ4v) is 3.26. The number of pyridine rings is 1. The van der Waals surface area contributed by atoms with Crippen molar-refractivity contribution in [3.05, 3.63) is 42.0 Å². The molecular formula is C19H21N5O3. The molecule has 0 bridgehead atoms. The highest BCUT2D eigenvalue weighted by molar-refractivity contribution is 5.89. The zero-order valence-electron chi connectivity index (χ0n) is 15.3. The molecule has 0 amide bonds. The SMILES string of the molecule is COC(=O)c1ccc(Nc2nc3c(OC)ccc(N4CCCC4)n3n2)cc1. The van der Waals surface area contributed by atoms with Crippen LogP contribution in [-0.4, -0.2) is 47.9 Å². The summed E-state index contributed by atoms with van der Waals surface area (Å²) in [5, 5.41) is 7.79. The molecule has 2 aromatic heterocycles. The second-order valence-corrected chi connectivity index (χ2v) is 6.32. The maximum absolute atomic E-state index is 11.5. The first-order valence-electron chi connectivity index (χ1n) is 8.84. The number of fused-ring (bicyclic) bond motifs is 1. The number of anilines is 3. The number of esters is 1. The van der Waals surface area contributed by atoms with Crippen LogP contribution < -0.4 is 15.0 Å². The standard InChI is InChI=1S/C19H21N5O3/c1-26-15-9-10-16(23-11-3-4-12-23)24-17(15)21-19(22-24)20-14-7-5-13(6-8-14)18(25)27-2/h5-10H,3-4,11-12H2,1-2H3,(H,20,22). The molecule has 1 saturated heterocycles. The van der Waals surface area contributed by atoms with Gasteiger partial charge in [0, 0.05) is 18.8 Å². The lowest BCUT2D eigenvalue weighted by Gasteiger charge is -2.18. The van der Waals surface area contributed by atoms with E-state index in [1.165, 1.54) is 20.0 Å². The highest BCUT2D eigenvalue weighted by Crippen LogP contribution is 2.28. The number of ether oxygens (including phenoxy) is 2. The molecule has 0 unspecified atom stereocenters. The minimum Gasteiger partial charge on any atom is -0.493 e. The minimum absolute atomic E-state index is 0.368. The van der Waals surface area contributed by atoms with Crippen LogP contribution in [0, 0.1) is 0 Å². The molecule has 1 aliphatic rings. The van der Waals surface area contributed by atoms with E-state index in [2.05, 4.69) is 20.3 Å². The van der Waals surface area contributed by atoms with Crippen LogP contribution in [0.3, 0.4) is 0 Å². The minimum atomic E-state index is -0.368. The second-order valence-electron chi connectivity index (χ2n) is 6.32. The van der Waals surface area contributed by atoms with Gasteiger partial charge in [0.2, 0.25) is 11.6 Å². The molecule has 0 spiro atoms. The third-order valence-electron chi connectivity index (χ3n) is 4.64. The Labute approximate surface area is 156 Å². The average molecular weight is 367 g/mol. The molecule has 3 aromatic rings. The van der Waals surface area contributed by atoms with E-state index in [0.717, 1.165) is 24.6 Å². The summed E-state index contributed by atoms with van der Waals surface area (Å²) in [5.74, 6) is 1.77. The van der Waals surface area contributed by atoms with E-state index < -0.39 is 0 Å². The van der Waals surface area contributed by atoms with E-state index in [1.54, 1.807) is 31.4 Å². The van der Waals surface area contributed by atoms with Gasteiger partial charge in [0.1, 0.15) is 5.82 Å². The van der Waals surface area contributed by atoms with Crippen LogP contribution in [0.15, 0.2) is 36.4 Å². The Bertz CT molecular complexity index is 961. The number of nitrogens with zero attached hydrogens (tertiary/aromatic N) is 4. The van der Waals surface area contributed by atoms with E-state index in [9.17, 15) is 4.79 Å². The van der Waals surface area contributed by atoms with Gasteiger partial charge in [-0.2, -0.15) is 9.50 Å². The third kappa shape index (κ3) is 3.25. The summed E-state index contributed by atoms with van der Waals surface area (Å²) < 4.78 is 12.0. The zero-order valence-corrected chi connectivity index (χ0v) is 15.3. The number of hydrogen-bond acceptors (Lipinski definition) is 7. The van der Waals surface area contributed by atoms with Gasteiger partial charge in [-0.25, -0.2) is 4.79 Å². The smallest absolute Gasteiger partial charge is 0.337 e. The number of rotatable bonds is 5. The lowest BCUT2D eigenvalue weighted by molar-refractivity contribution is 0.0601. The quantitative estimate of drug-likeness (QED) is 0.695. The number of aromatic nitrogens is 3. The molecule has 8 nitrogen and oxygen atoms in total. The van der Waals surface area contributed by atoms with Crippen LogP contribution >= 0.6 is 0 Å². The molecule has 27 heavy (non-hydrogen) atoms. The largest absolute Gasteiger partial charge is 0.493 e. The Morgan fingerprint density at radius 2 is 1.81 bits per heavy atom. The molecule has 3 heterocycles. The Balaban J connectivity index is 1.66. The van der Waals surface area contributed by atoms with Gasteiger partial charge in [0.25, 0.3) is 0 Å². The third-order valence-corrected chi connectivity index (χ3v) is 4.64. The summed E-state index contributed by atoms with van der Waals surface area (Å²) in [6.45, 7) is 2.03. The summed E-state index contributed by atoms with van der Waals surface area (Å²) in [6.07, 6.45) is 2.36. The number of carbonyl (C=O) groups excluding carboxylic acids is 1. The van der Waals surface area contributed by atoms with E-state index in [4.69, 9.17) is 9.47 Å². The van der Waals surface area contributed by atoms with Crippen molar-refractivity contribution in [2.24, 2.45) is 0 Å². The average Bonchev–Trinajstić information content (AvgIpc) is 3.37. The molecule has 1 N–H and O–H groups in total. The Kier molecular flexibility index (Phi) is 4.53. The summed E-state index contributed by atoms with van der Waals surface area (Å²) in [4.78, 5) is 18.4. The molecule has 1 fully saturated rings. The van der Waals surface area contributed by atoms with E-state index in [-0.39, 0.29) is 5.97 Å². The first kappa shape index (κ1) is 17.1. The molecule has 0 aliphatic carbocycles. The van der Waals surface area contributed by atoms with Gasteiger partial charge in [-0.15, -0.1) is 5.10 Å². The zero-order chi connectivity index (χ0) is 18.8. The van der Waals surface area contributed by atoms with Gasteiger partial charge in [-0.05, 0) is 49.2 Å². The van der Waals surface area contributed by atoms with Gasteiger partial charge in [0.15, 0.2) is 5.75 Å². The van der Waals surface area contributed by atoms with E-state index >= 15 is 0 Å². The topological polar surface area (TPSA) is 81.0 Å². The summed E-state index contributed by atoms with van der Waals surface area (Å²) >= 11 is 0. The monoisotopic (exact) mass is 367 g/mol. The van der Waals surface area contributed by atoms with Gasteiger partial charge in [-0.3, -0.25) is 0 Å². The van der Waals surface area contributed by atoms with Crippen molar-refractivity contribution in [1.29, 1.82) is 0 Å². The number of hydrogen-bond donors (Lipinski definition) is 1. The predicted octanol–water partition coefficient (Wildman–Crippen LogP) is 2.87. The molecule has 1 aliphatic heterocycles. The van der Waals surface area contributed by atoms with Crippen LogP contribution in [0.5, 0.6) is 5.75 Å². The molecule has 0 radical (unpaired) electrons. The number of carbonyl (C=O) groups is 1. The molecular weight excluding hydrogens is 346 g/mol. The number of nitrogens with one attached hydrogen (secondary N) is 1. The van der Waals surface area contributed by atoms with Crippen molar-refractivity contribution >= 4 is 29.1 Å². The van der Waals surface area contributed by atoms with Gasteiger partial charge in [-0.1, -0.05) is 0 Å². The molecule has 0 saturated carbocycles. The molecule has 1 aromatic carbocycles. The predicted molar refractivity (Wildman–Crippen MR) is 102 cm³/mol. The maximum atomic E-state index is 11.5. The van der Waals surface area contributed by atoms with E-state index in [1.807, 2.05) is 16.6 Å². The van der Waals surface area contributed by atoms with Crippen molar-refractivity contribution in [3.63, 3.8) is 0 Å². The molecule has 8 heteroatoms. The Morgan fingerprint density at radius 3 is 2.48 bits per heavy atom. The molecule has 4 rings (SSSR count). The molecule has 140 valence electrons. The first-order chi connectivity index (χ1) is 13.2. The fourth-order valence-electron chi connectivity index (χ4n) is 3.26. The maximum Gasteiger partial charge on any atom is 0.337 e. The highest BCUT2D eigenvalue weighted by Gasteiger charge is 2.19. The van der Waals surface area contributed by atoms with Crippen molar-refractivity contribution in [2.45, 2.75) is 12.8 Å². The Morgan fingerprint density at radius 1 is 1.07 bits per heavy atom. The lowest BCUT2D eigenvalue weighted by atomic mass is 10.2. The molecule has 0 atom stereocenters. The van der Waals surface area contributed by atoms with Crippen molar-refractivity contribution < 1.29 is 14.3 Å². The summed E-state index contributed by atoms with van der Waals surface area (Å²) in [6, 6.07) is 10.9. The first-order valence-corrected chi connectivity index (χ1v) is 8.84. The van der Waals surface area contributed by atoms with Crippen LogP contribution in [0.4, 0.5) is 17.5 Å². The van der Waals surface area contributed by atoms with Gasteiger partial charge >= 0.3 is 5.97 Å². The van der Waals surface area contributed by atoms with E-state index in [0.29, 0.717) is 22.9 Å². The van der Waals surface area contributed by atoms with Gasteiger partial charge in [0.05, 0.1) is 19.8 Å². The number of benzene rings is 1. The summed E-state index contributed by atoms with van der Waals surface area (Å²) in [5.41, 5.74) is 1.93. The summed E-state index contributed by atoms with van der Waals surface area (Å²) in [7, 11) is 2.98. The van der Waals surface area contributed by atoms with Gasteiger partial charge < -0.3 is 19.7 Å². The lowest BCUT2D eigenvalue weighted by Crippen LogP contribution is -2.21. The normalized spacial score (nSPS) is 13.8. The fraction of sp³-hybridized carbons (Fsp3) is 0.316. The highest BCUT2D eigenvalue weighted by atomic mass is 16.5. The number of methoxy groups -OCH3 is 2. The van der Waals surface area contributed by atoms with Crippen molar-refractivity contribution in [2.75, 3.05) is 37.5 Å². The van der Waals surface area contributed by atoms with Crippen LogP contribution in [0.25, 0.3) is 5.65 Å². The second kappa shape index (κ2) is 7.14. The van der Waals surface area contributed by atoms with Crippen molar-refractivity contribution in [3.8, 4) is 5.75 Å². The Hall–Kier alpha value is -3.29.